The molecular weight excluding hydrogens is 260 g/mol. The van der Waals surface area contributed by atoms with E-state index in [0.717, 1.165) is 24.5 Å². The highest BCUT2D eigenvalue weighted by Crippen LogP contribution is 2.35. The van der Waals surface area contributed by atoms with Crippen LogP contribution < -0.4 is 15.4 Å². The van der Waals surface area contributed by atoms with E-state index in [1.165, 1.54) is 24.0 Å². The van der Waals surface area contributed by atoms with Crippen molar-refractivity contribution in [2.24, 2.45) is 0 Å². The van der Waals surface area contributed by atoms with E-state index in [-0.39, 0.29) is 6.10 Å². The summed E-state index contributed by atoms with van der Waals surface area (Å²) in [7, 11) is 1.95. The SMILES string of the molecule is CC.CNc1cc(C)c(C2CCNCC2)cc1OC(C)C. The molecule has 1 aromatic carbocycles. The number of piperidine rings is 1. The van der Waals surface area contributed by atoms with Crippen LogP contribution in [0.2, 0.25) is 0 Å². The van der Waals surface area contributed by atoms with Gasteiger partial charge in [-0.1, -0.05) is 13.8 Å². The number of hydrogen-bond donors (Lipinski definition) is 2. The smallest absolute Gasteiger partial charge is 0.143 e. The fourth-order valence-electron chi connectivity index (χ4n) is 2.82. The lowest BCUT2D eigenvalue weighted by molar-refractivity contribution is 0.243. The molecule has 3 heteroatoms. The van der Waals surface area contributed by atoms with Crippen molar-refractivity contribution < 1.29 is 4.74 Å². The van der Waals surface area contributed by atoms with Gasteiger partial charge in [-0.25, -0.2) is 0 Å². The number of rotatable bonds is 4. The molecule has 1 aliphatic heterocycles. The molecule has 0 aliphatic carbocycles. The van der Waals surface area contributed by atoms with Crippen LogP contribution in [0.4, 0.5) is 5.69 Å². The molecule has 21 heavy (non-hydrogen) atoms. The summed E-state index contributed by atoms with van der Waals surface area (Å²) in [5, 5.41) is 6.66. The molecule has 0 bridgehead atoms. The Bertz CT molecular complexity index is 423. The Hall–Kier alpha value is -1.22. The molecule has 2 N–H and O–H groups in total. The van der Waals surface area contributed by atoms with E-state index in [1.54, 1.807) is 0 Å². The third-order valence-electron chi connectivity index (χ3n) is 3.78. The van der Waals surface area contributed by atoms with Crippen molar-refractivity contribution in [3.8, 4) is 5.75 Å². The highest BCUT2D eigenvalue weighted by atomic mass is 16.5. The monoisotopic (exact) mass is 292 g/mol. The quantitative estimate of drug-likeness (QED) is 0.867. The van der Waals surface area contributed by atoms with E-state index in [2.05, 4.69) is 43.5 Å². The molecule has 1 heterocycles. The van der Waals surface area contributed by atoms with Crippen LogP contribution in [0.3, 0.4) is 0 Å². The van der Waals surface area contributed by atoms with Crippen molar-refractivity contribution in [2.45, 2.75) is 59.5 Å². The van der Waals surface area contributed by atoms with Gasteiger partial charge in [0.05, 0.1) is 11.8 Å². The Morgan fingerprint density at radius 3 is 2.33 bits per heavy atom. The summed E-state index contributed by atoms with van der Waals surface area (Å²) < 4.78 is 5.94. The van der Waals surface area contributed by atoms with Crippen LogP contribution in [0.25, 0.3) is 0 Å². The molecule has 0 unspecified atom stereocenters. The van der Waals surface area contributed by atoms with Crippen molar-refractivity contribution in [1.29, 1.82) is 0 Å². The number of anilines is 1. The number of nitrogens with one attached hydrogen (secondary N) is 2. The summed E-state index contributed by atoms with van der Waals surface area (Å²) in [5.74, 6) is 1.65. The van der Waals surface area contributed by atoms with E-state index in [1.807, 2.05) is 20.9 Å². The molecule has 1 saturated heterocycles. The highest BCUT2D eigenvalue weighted by molar-refractivity contribution is 5.60. The van der Waals surface area contributed by atoms with Crippen molar-refractivity contribution in [3.05, 3.63) is 23.3 Å². The molecule has 2 rings (SSSR count). The summed E-state index contributed by atoms with van der Waals surface area (Å²) in [6.45, 7) is 12.6. The van der Waals surface area contributed by atoms with Crippen LogP contribution in [-0.2, 0) is 0 Å². The molecule has 0 radical (unpaired) electrons. The predicted molar refractivity (Wildman–Crippen MR) is 92.7 cm³/mol. The van der Waals surface area contributed by atoms with Gasteiger partial charge in [0.15, 0.2) is 0 Å². The normalized spacial score (nSPS) is 15.4. The zero-order chi connectivity index (χ0) is 15.8. The fraction of sp³-hybridized carbons (Fsp3) is 0.667. The second-order valence-electron chi connectivity index (χ2n) is 5.65. The summed E-state index contributed by atoms with van der Waals surface area (Å²) in [5.41, 5.74) is 3.91. The van der Waals surface area contributed by atoms with Gasteiger partial charge in [-0.15, -0.1) is 0 Å². The lowest BCUT2D eigenvalue weighted by Gasteiger charge is -2.26. The predicted octanol–water partition coefficient (Wildman–Crippen LogP) is 4.32. The van der Waals surface area contributed by atoms with E-state index in [4.69, 9.17) is 4.74 Å². The summed E-state index contributed by atoms with van der Waals surface area (Å²) in [6, 6.07) is 4.46. The molecule has 0 aromatic heterocycles. The lowest BCUT2D eigenvalue weighted by Crippen LogP contribution is -2.27. The highest BCUT2D eigenvalue weighted by Gasteiger charge is 2.19. The van der Waals surface area contributed by atoms with Crippen molar-refractivity contribution in [2.75, 3.05) is 25.5 Å². The third kappa shape index (κ3) is 4.92. The number of hydrogen-bond acceptors (Lipinski definition) is 3. The molecule has 1 aromatic rings. The second kappa shape index (κ2) is 8.93. The molecule has 120 valence electrons. The molecular formula is C18H32N2O. The Kier molecular flexibility index (Phi) is 7.58. The van der Waals surface area contributed by atoms with Crippen LogP contribution in [0.15, 0.2) is 12.1 Å². The first-order chi connectivity index (χ1) is 10.1. The van der Waals surface area contributed by atoms with Crippen molar-refractivity contribution in [1.82, 2.24) is 5.32 Å². The first-order valence-corrected chi connectivity index (χ1v) is 8.31. The van der Waals surface area contributed by atoms with Crippen LogP contribution in [-0.4, -0.2) is 26.2 Å². The first kappa shape index (κ1) is 17.8. The molecule has 0 atom stereocenters. The summed E-state index contributed by atoms with van der Waals surface area (Å²) in [4.78, 5) is 0. The summed E-state index contributed by atoms with van der Waals surface area (Å²) in [6.07, 6.45) is 2.65. The first-order valence-electron chi connectivity index (χ1n) is 8.31. The van der Waals surface area contributed by atoms with Gasteiger partial charge in [-0.2, -0.15) is 0 Å². The number of benzene rings is 1. The number of ether oxygens (including phenoxy) is 1. The zero-order valence-corrected chi connectivity index (χ0v) is 14.5. The zero-order valence-electron chi connectivity index (χ0n) is 14.5. The Morgan fingerprint density at radius 1 is 1.19 bits per heavy atom. The maximum Gasteiger partial charge on any atom is 0.143 e. The van der Waals surface area contributed by atoms with Crippen LogP contribution in [0.1, 0.15) is 57.6 Å². The maximum absolute atomic E-state index is 5.94. The standard InChI is InChI=1S/C16H26N2O.C2H6/c1-11(2)19-16-10-14(12(3)9-15(16)17-4)13-5-7-18-8-6-13;1-2/h9-11,13,17-18H,5-8H2,1-4H3;1-2H3. The lowest BCUT2D eigenvalue weighted by atomic mass is 9.87. The van der Waals surface area contributed by atoms with Crippen LogP contribution >= 0.6 is 0 Å². The van der Waals surface area contributed by atoms with Gasteiger partial charge in [0.2, 0.25) is 0 Å². The van der Waals surface area contributed by atoms with Gasteiger partial charge in [0, 0.05) is 7.05 Å². The van der Waals surface area contributed by atoms with Gasteiger partial charge in [-0.3, -0.25) is 0 Å². The third-order valence-corrected chi connectivity index (χ3v) is 3.78. The Labute approximate surface area is 130 Å². The maximum atomic E-state index is 5.94. The average Bonchev–Trinajstić information content (AvgIpc) is 2.51. The van der Waals surface area contributed by atoms with Crippen LogP contribution in [0.5, 0.6) is 5.75 Å². The van der Waals surface area contributed by atoms with Crippen molar-refractivity contribution >= 4 is 5.69 Å². The van der Waals surface area contributed by atoms with Gasteiger partial charge in [-0.05, 0) is 75.9 Å². The van der Waals surface area contributed by atoms with Gasteiger partial charge >= 0.3 is 0 Å². The van der Waals surface area contributed by atoms with Crippen molar-refractivity contribution in [3.63, 3.8) is 0 Å². The Balaban J connectivity index is 0.00000106. The van der Waals surface area contributed by atoms with E-state index in [9.17, 15) is 0 Å². The average molecular weight is 292 g/mol. The van der Waals surface area contributed by atoms with E-state index < -0.39 is 0 Å². The largest absolute Gasteiger partial charge is 0.489 e. The van der Waals surface area contributed by atoms with Gasteiger partial charge in [0.1, 0.15) is 5.75 Å². The van der Waals surface area contributed by atoms with E-state index in [0.29, 0.717) is 5.92 Å². The fourth-order valence-corrected chi connectivity index (χ4v) is 2.82. The minimum absolute atomic E-state index is 0.204. The molecule has 0 saturated carbocycles. The molecule has 0 spiro atoms. The van der Waals surface area contributed by atoms with E-state index >= 15 is 0 Å². The van der Waals surface area contributed by atoms with Gasteiger partial charge < -0.3 is 15.4 Å². The topological polar surface area (TPSA) is 33.3 Å². The Morgan fingerprint density at radius 2 is 1.81 bits per heavy atom. The minimum atomic E-state index is 0.204. The summed E-state index contributed by atoms with van der Waals surface area (Å²) >= 11 is 0. The van der Waals surface area contributed by atoms with Crippen LogP contribution in [0, 0.1) is 6.92 Å². The number of aryl methyl sites for hydroxylation is 1. The van der Waals surface area contributed by atoms with Gasteiger partial charge in [0.25, 0.3) is 0 Å². The minimum Gasteiger partial charge on any atom is -0.489 e. The second-order valence-corrected chi connectivity index (χ2v) is 5.65. The molecule has 1 fully saturated rings. The molecule has 1 aliphatic rings. The molecule has 0 amide bonds. The molecule has 3 nitrogen and oxygen atoms in total.